The number of unbranched alkanes of at least 4 members (excludes halogenated alkanes) is 4. The number of esters is 2. The number of carbonyl (C=O) groups excluding carboxylic acids is 3. The van der Waals surface area contributed by atoms with Crippen molar-refractivity contribution in [3.05, 3.63) is 90.5 Å². The predicted octanol–water partition coefficient (Wildman–Crippen LogP) is 5.50. The maximum absolute atomic E-state index is 12.5. The van der Waals surface area contributed by atoms with Crippen molar-refractivity contribution in [2.75, 3.05) is 33.0 Å². The molecule has 214 valence electrons. The van der Waals surface area contributed by atoms with Crippen LogP contribution in [-0.4, -0.2) is 55.9 Å². The zero-order chi connectivity index (χ0) is 29.0. The number of benzene rings is 2. The Morgan fingerprint density at radius 1 is 0.725 bits per heavy atom. The molecule has 0 amide bonds. The molecule has 0 aromatic heterocycles. The van der Waals surface area contributed by atoms with Gasteiger partial charge in [-0.1, -0.05) is 31.4 Å². The minimum atomic E-state index is -0.552. The van der Waals surface area contributed by atoms with E-state index in [9.17, 15) is 14.4 Å². The molecule has 2 rings (SSSR count). The smallest absolute Gasteiger partial charge is 0.335 e. The van der Waals surface area contributed by atoms with Gasteiger partial charge in [0.15, 0.2) is 5.78 Å². The Balaban J connectivity index is 1.62. The molecule has 0 spiro atoms. The number of carbonyl (C=O) groups is 3. The molecule has 1 N–H and O–H groups in total. The minimum absolute atomic E-state index is 0.0639. The second kappa shape index (κ2) is 19.0. The van der Waals surface area contributed by atoms with E-state index in [1.165, 1.54) is 6.08 Å². The van der Waals surface area contributed by atoms with Crippen molar-refractivity contribution in [2.24, 2.45) is 0 Å². The maximum atomic E-state index is 12.5. The third kappa shape index (κ3) is 13.1. The molecule has 0 aliphatic rings. The normalized spacial score (nSPS) is 10.6. The molecule has 0 radical (unpaired) electrons. The average molecular weight is 551 g/mol. The monoisotopic (exact) mass is 550 g/mol. The van der Waals surface area contributed by atoms with Crippen LogP contribution in [0.25, 0.3) is 6.08 Å². The number of ketones is 1. The lowest BCUT2D eigenvalue weighted by Gasteiger charge is -2.07. The van der Waals surface area contributed by atoms with E-state index in [4.69, 9.17) is 24.1 Å². The topological polar surface area (TPSA) is 108 Å². The minimum Gasteiger partial charge on any atom is -0.494 e. The SMILES string of the molecule is C=CC(=O)OCCCCOc1ccc(C(=O)/C=C/c2ccc(OCCCCCCOC(=O)C(=C)CO)cc2)cc1. The summed E-state index contributed by atoms with van der Waals surface area (Å²) >= 11 is 0. The van der Waals surface area contributed by atoms with Crippen molar-refractivity contribution in [2.45, 2.75) is 38.5 Å². The Morgan fingerprint density at radius 2 is 1.25 bits per heavy atom. The fraction of sp³-hybridized carbons (Fsp3) is 0.344. The average Bonchev–Trinajstić information content (AvgIpc) is 2.99. The highest BCUT2D eigenvalue weighted by Crippen LogP contribution is 2.16. The highest BCUT2D eigenvalue weighted by Gasteiger charge is 2.06. The summed E-state index contributed by atoms with van der Waals surface area (Å²) in [4.78, 5) is 34.9. The summed E-state index contributed by atoms with van der Waals surface area (Å²) < 4.78 is 21.3. The summed E-state index contributed by atoms with van der Waals surface area (Å²) in [6.45, 7) is 8.10. The largest absolute Gasteiger partial charge is 0.494 e. The van der Waals surface area contributed by atoms with E-state index >= 15 is 0 Å². The van der Waals surface area contributed by atoms with Gasteiger partial charge in [0.25, 0.3) is 0 Å². The quantitative estimate of drug-likeness (QED) is 0.0996. The van der Waals surface area contributed by atoms with Crippen molar-refractivity contribution in [3.63, 3.8) is 0 Å². The fourth-order valence-corrected chi connectivity index (χ4v) is 3.36. The van der Waals surface area contributed by atoms with Gasteiger partial charge >= 0.3 is 11.9 Å². The first-order chi connectivity index (χ1) is 19.4. The summed E-state index contributed by atoms with van der Waals surface area (Å²) in [5, 5.41) is 8.82. The predicted molar refractivity (Wildman–Crippen MR) is 153 cm³/mol. The molecule has 0 atom stereocenters. The first-order valence-electron chi connectivity index (χ1n) is 13.4. The van der Waals surface area contributed by atoms with Crippen molar-refractivity contribution in [3.8, 4) is 11.5 Å². The van der Waals surface area contributed by atoms with Crippen molar-refractivity contribution < 1.29 is 38.4 Å². The van der Waals surface area contributed by atoms with Gasteiger partial charge in [0.2, 0.25) is 0 Å². The van der Waals surface area contributed by atoms with Gasteiger partial charge in [-0.3, -0.25) is 4.79 Å². The van der Waals surface area contributed by atoms with Crippen LogP contribution in [0.4, 0.5) is 0 Å². The van der Waals surface area contributed by atoms with Gasteiger partial charge in [0.1, 0.15) is 11.5 Å². The molecule has 2 aromatic rings. The summed E-state index contributed by atoms with van der Waals surface area (Å²) in [5.41, 5.74) is 1.51. The summed E-state index contributed by atoms with van der Waals surface area (Å²) in [5.74, 6) is 0.343. The van der Waals surface area contributed by atoms with E-state index in [2.05, 4.69) is 13.2 Å². The van der Waals surface area contributed by atoms with E-state index in [0.717, 1.165) is 49.5 Å². The Morgan fingerprint density at radius 3 is 1.85 bits per heavy atom. The molecular formula is C32H38O8. The van der Waals surface area contributed by atoms with Crippen molar-refractivity contribution in [1.82, 2.24) is 0 Å². The Hall–Kier alpha value is -4.17. The van der Waals surface area contributed by atoms with Gasteiger partial charge in [0.05, 0.1) is 38.6 Å². The molecule has 8 nitrogen and oxygen atoms in total. The molecule has 0 aliphatic heterocycles. The van der Waals surface area contributed by atoms with Crippen LogP contribution in [0.3, 0.4) is 0 Å². The van der Waals surface area contributed by atoms with Gasteiger partial charge < -0.3 is 24.1 Å². The van der Waals surface area contributed by atoms with E-state index < -0.39 is 11.9 Å². The third-order valence-electron chi connectivity index (χ3n) is 5.68. The molecule has 0 aliphatic carbocycles. The lowest BCUT2D eigenvalue weighted by atomic mass is 10.1. The zero-order valence-corrected chi connectivity index (χ0v) is 22.8. The summed E-state index contributed by atoms with van der Waals surface area (Å²) in [6.07, 6.45) is 9.35. The van der Waals surface area contributed by atoms with Crippen LogP contribution in [0, 0.1) is 0 Å². The maximum Gasteiger partial charge on any atom is 0.335 e. The van der Waals surface area contributed by atoms with Gasteiger partial charge in [0, 0.05) is 11.6 Å². The third-order valence-corrected chi connectivity index (χ3v) is 5.68. The first kappa shape index (κ1) is 32.0. The summed E-state index contributed by atoms with van der Waals surface area (Å²) in [6, 6.07) is 14.5. The van der Waals surface area contributed by atoms with Crippen LogP contribution in [0.15, 0.2) is 79.4 Å². The number of ether oxygens (including phenoxy) is 4. The summed E-state index contributed by atoms with van der Waals surface area (Å²) in [7, 11) is 0. The number of aliphatic hydroxyl groups excluding tert-OH is 1. The van der Waals surface area contributed by atoms with E-state index in [0.29, 0.717) is 44.2 Å². The fourth-order valence-electron chi connectivity index (χ4n) is 3.36. The van der Waals surface area contributed by atoms with Crippen molar-refractivity contribution in [1.29, 1.82) is 0 Å². The van der Waals surface area contributed by atoms with Crippen LogP contribution in [0.1, 0.15) is 54.4 Å². The van der Waals surface area contributed by atoms with Gasteiger partial charge in [-0.15, -0.1) is 0 Å². The number of aliphatic hydroxyl groups is 1. The van der Waals surface area contributed by atoms with Crippen LogP contribution in [0.2, 0.25) is 0 Å². The van der Waals surface area contributed by atoms with Gasteiger partial charge in [-0.25, -0.2) is 9.59 Å². The second-order valence-corrected chi connectivity index (χ2v) is 8.88. The first-order valence-corrected chi connectivity index (χ1v) is 13.4. The zero-order valence-electron chi connectivity index (χ0n) is 22.8. The molecule has 0 unspecified atom stereocenters. The molecule has 0 fully saturated rings. The van der Waals surface area contributed by atoms with Crippen molar-refractivity contribution >= 4 is 23.8 Å². The van der Waals surface area contributed by atoms with Crippen LogP contribution < -0.4 is 9.47 Å². The number of rotatable bonds is 20. The molecule has 0 bridgehead atoms. The number of hydrogen-bond acceptors (Lipinski definition) is 8. The van der Waals surface area contributed by atoms with Crippen LogP contribution in [0.5, 0.6) is 11.5 Å². The standard InChI is InChI=1S/C32H38O8/c1-3-31(35)39-22-9-8-21-38-29-17-13-27(14-18-29)30(34)19-12-26-10-15-28(16-11-26)37-20-6-4-5-7-23-40-32(36)25(2)24-33/h3,10-19,33H,1-2,4-9,20-24H2/b19-12+. The highest BCUT2D eigenvalue weighted by atomic mass is 16.5. The van der Waals surface area contributed by atoms with E-state index in [-0.39, 0.29) is 18.0 Å². The highest BCUT2D eigenvalue weighted by molar-refractivity contribution is 6.06. The number of hydrogen-bond donors (Lipinski definition) is 1. The molecule has 40 heavy (non-hydrogen) atoms. The van der Waals surface area contributed by atoms with E-state index in [1.54, 1.807) is 30.3 Å². The Labute approximate surface area is 235 Å². The molecule has 0 saturated heterocycles. The van der Waals surface area contributed by atoms with Gasteiger partial charge in [-0.05, 0) is 86.6 Å². The molecular weight excluding hydrogens is 512 g/mol. The molecule has 8 heteroatoms. The molecule has 0 saturated carbocycles. The molecule has 0 heterocycles. The lowest BCUT2D eigenvalue weighted by Crippen LogP contribution is -2.10. The lowest BCUT2D eigenvalue weighted by molar-refractivity contribution is -0.140. The van der Waals surface area contributed by atoms with E-state index in [1.807, 2.05) is 24.3 Å². The van der Waals surface area contributed by atoms with Gasteiger partial charge in [-0.2, -0.15) is 0 Å². The Kier molecular flexibility index (Phi) is 15.2. The molecule has 2 aromatic carbocycles. The van der Waals surface area contributed by atoms with Crippen LogP contribution >= 0.6 is 0 Å². The number of allylic oxidation sites excluding steroid dienone is 1. The Bertz CT molecular complexity index is 1120. The second-order valence-electron chi connectivity index (χ2n) is 8.88. The van der Waals surface area contributed by atoms with Crippen LogP contribution in [-0.2, 0) is 19.1 Å².